The van der Waals surface area contributed by atoms with E-state index in [2.05, 4.69) is 25.4 Å². The Bertz CT molecular complexity index is 828. The van der Waals surface area contributed by atoms with Gasteiger partial charge < -0.3 is 14.2 Å². The van der Waals surface area contributed by atoms with E-state index in [0.29, 0.717) is 38.1 Å². The van der Waals surface area contributed by atoms with Crippen molar-refractivity contribution < 1.29 is 18.6 Å². The van der Waals surface area contributed by atoms with Gasteiger partial charge in [-0.05, 0) is 35.9 Å². The SMILES string of the molecule is COCCOc1nccc(CCOC2=NN=NC2(C)c2ccc(F)cc2)n1. The fourth-order valence-electron chi connectivity index (χ4n) is 2.47. The zero-order valence-corrected chi connectivity index (χ0v) is 15.1. The number of nitrogens with zero attached hydrogens (tertiary/aromatic N) is 5. The number of rotatable bonds is 8. The Labute approximate surface area is 156 Å². The molecular weight excluding hydrogens is 353 g/mol. The number of benzene rings is 1. The summed E-state index contributed by atoms with van der Waals surface area (Å²) in [5.41, 5.74) is 0.654. The molecule has 1 atom stereocenters. The minimum absolute atomic E-state index is 0.295. The predicted molar refractivity (Wildman–Crippen MR) is 95.1 cm³/mol. The van der Waals surface area contributed by atoms with Crippen molar-refractivity contribution in [2.45, 2.75) is 18.9 Å². The molecule has 1 aliphatic rings. The lowest BCUT2D eigenvalue weighted by molar-refractivity contribution is 0.140. The van der Waals surface area contributed by atoms with Crippen LogP contribution in [0.25, 0.3) is 0 Å². The van der Waals surface area contributed by atoms with Crippen molar-refractivity contribution in [1.82, 2.24) is 9.97 Å². The average molecular weight is 373 g/mol. The topological polar surface area (TPSA) is 90.5 Å². The zero-order chi connectivity index (χ0) is 19.1. The van der Waals surface area contributed by atoms with Crippen molar-refractivity contribution in [3.05, 3.63) is 53.6 Å². The third-order valence-corrected chi connectivity index (χ3v) is 4.01. The van der Waals surface area contributed by atoms with Crippen LogP contribution in [-0.2, 0) is 21.4 Å². The predicted octanol–water partition coefficient (Wildman–Crippen LogP) is 2.89. The Morgan fingerprint density at radius 3 is 2.63 bits per heavy atom. The van der Waals surface area contributed by atoms with Gasteiger partial charge in [0.2, 0.25) is 5.90 Å². The van der Waals surface area contributed by atoms with E-state index in [4.69, 9.17) is 14.2 Å². The van der Waals surface area contributed by atoms with Crippen molar-refractivity contribution in [2.24, 2.45) is 15.4 Å². The van der Waals surface area contributed by atoms with Crippen molar-refractivity contribution in [3.63, 3.8) is 0 Å². The maximum atomic E-state index is 13.2. The van der Waals surface area contributed by atoms with Gasteiger partial charge in [0.15, 0.2) is 5.54 Å². The highest BCUT2D eigenvalue weighted by molar-refractivity contribution is 5.88. The summed E-state index contributed by atoms with van der Waals surface area (Å²) in [6.45, 7) is 3.00. The Hall–Kier alpha value is -2.94. The van der Waals surface area contributed by atoms with Crippen LogP contribution < -0.4 is 4.74 Å². The second kappa shape index (κ2) is 8.63. The smallest absolute Gasteiger partial charge is 0.316 e. The van der Waals surface area contributed by atoms with E-state index in [0.717, 1.165) is 11.3 Å². The first-order valence-electron chi connectivity index (χ1n) is 8.44. The number of hydrogen-bond acceptors (Lipinski definition) is 8. The Morgan fingerprint density at radius 2 is 1.85 bits per heavy atom. The summed E-state index contributed by atoms with van der Waals surface area (Å²) in [5, 5.41) is 11.9. The Morgan fingerprint density at radius 1 is 1.04 bits per heavy atom. The first-order chi connectivity index (χ1) is 13.1. The molecule has 9 heteroatoms. The molecule has 0 aliphatic carbocycles. The number of hydrogen-bond donors (Lipinski definition) is 0. The van der Waals surface area contributed by atoms with E-state index in [1.54, 1.807) is 31.5 Å². The molecule has 0 spiro atoms. The molecule has 0 saturated carbocycles. The molecule has 27 heavy (non-hydrogen) atoms. The minimum Gasteiger partial charge on any atom is -0.477 e. The molecule has 0 N–H and O–H groups in total. The molecule has 1 aliphatic heterocycles. The largest absolute Gasteiger partial charge is 0.477 e. The van der Waals surface area contributed by atoms with Gasteiger partial charge in [-0.2, -0.15) is 0 Å². The van der Waals surface area contributed by atoms with E-state index in [9.17, 15) is 4.39 Å². The van der Waals surface area contributed by atoms with Gasteiger partial charge in [0.05, 0.1) is 18.9 Å². The van der Waals surface area contributed by atoms with Crippen LogP contribution in [0.2, 0.25) is 0 Å². The highest BCUT2D eigenvalue weighted by Crippen LogP contribution is 2.32. The van der Waals surface area contributed by atoms with Crippen LogP contribution in [-0.4, -0.2) is 42.8 Å². The fraction of sp³-hybridized carbons (Fsp3) is 0.389. The summed E-state index contributed by atoms with van der Waals surface area (Å²) < 4.78 is 29.3. The van der Waals surface area contributed by atoms with Crippen LogP contribution >= 0.6 is 0 Å². The normalized spacial score (nSPS) is 18.4. The summed E-state index contributed by atoms with van der Waals surface area (Å²) >= 11 is 0. The summed E-state index contributed by atoms with van der Waals surface area (Å²) in [6.07, 6.45) is 2.16. The lowest BCUT2D eigenvalue weighted by Gasteiger charge is -2.21. The van der Waals surface area contributed by atoms with Gasteiger partial charge in [-0.15, -0.1) is 5.11 Å². The molecule has 142 valence electrons. The summed E-state index contributed by atoms with van der Waals surface area (Å²) in [4.78, 5) is 8.37. The Balaban J connectivity index is 1.57. The van der Waals surface area contributed by atoms with Crippen LogP contribution in [0.5, 0.6) is 6.01 Å². The van der Waals surface area contributed by atoms with Crippen molar-refractivity contribution in [3.8, 4) is 6.01 Å². The monoisotopic (exact) mass is 373 g/mol. The van der Waals surface area contributed by atoms with E-state index < -0.39 is 5.54 Å². The van der Waals surface area contributed by atoms with E-state index in [1.165, 1.54) is 12.1 Å². The van der Waals surface area contributed by atoms with Gasteiger partial charge >= 0.3 is 6.01 Å². The molecule has 1 aromatic carbocycles. The first-order valence-corrected chi connectivity index (χ1v) is 8.44. The molecule has 1 aromatic heterocycles. The molecule has 0 bridgehead atoms. The molecule has 0 radical (unpaired) electrons. The van der Waals surface area contributed by atoms with Crippen LogP contribution in [0.4, 0.5) is 4.39 Å². The van der Waals surface area contributed by atoms with E-state index in [1.807, 2.05) is 6.92 Å². The third kappa shape index (κ3) is 4.62. The number of methoxy groups -OCH3 is 1. The van der Waals surface area contributed by atoms with Crippen LogP contribution in [0, 0.1) is 5.82 Å². The van der Waals surface area contributed by atoms with Gasteiger partial charge in [0.25, 0.3) is 0 Å². The number of aromatic nitrogens is 2. The molecule has 2 aromatic rings. The average Bonchev–Trinajstić information content (AvgIpc) is 3.05. The Kier molecular flexibility index (Phi) is 6.02. The number of ether oxygens (including phenoxy) is 3. The molecular formula is C18H20FN5O3. The summed E-state index contributed by atoms with van der Waals surface area (Å²) in [7, 11) is 1.60. The van der Waals surface area contributed by atoms with Gasteiger partial charge in [-0.25, -0.2) is 14.4 Å². The molecule has 2 heterocycles. The fourth-order valence-corrected chi connectivity index (χ4v) is 2.47. The maximum Gasteiger partial charge on any atom is 0.316 e. The zero-order valence-electron chi connectivity index (χ0n) is 15.1. The van der Waals surface area contributed by atoms with E-state index >= 15 is 0 Å². The second-order valence-corrected chi connectivity index (χ2v) is 5.94. The standard InChI is InChI=1S/C18H20FN5O3/c1-18(13-3-5-14(19)6-4-13)16(22-24-23-18)26-10-8-15-7-9-20-17(21-15)27-12-11-25-2/h3-7,9H,8,10-12H2,1-2H3. The quantitative estimate of drug-likeness (QED) is 0.664. The molecule has 8 nitrogen and oxygen atoms in total. The minimum atomic E-state index is -0.867. The highest BCUT2D eigenvalue weighted by atomic mass is 19.1. The first kappa shape index (κ1) is 18.8. The van der Waals surface area contributed by atoms with E-state index in [-0.39, 0.29) is 5.82 Å². The molecule has 1 unspecified atom stereocenters. The summed E-state index contributed by atoms with van der Waals surface area (Å²) in [5.74, 6) is 0.0451. The second-order valence-electron chi connectivity index (χ2n) is 5.94. The maximum absolute atomic E-state index is 13.2. The molecule has 0 saturated heterocycles. The lowest BCUT2D eigenvalue weighted by atomic mass is 9.93. The summed E-state index contributed by atoms with van der Waals surface area (Å²) in [6, 6.07) is 8.12. The van der Waals surface area contributed by atoms with Gasteiger partial charge in [-0.3, -0.25) is 0 Å². The third-order valence-electron chi connectivity index (χ3n) is 4.01. The molecule has 3 rings (SSSR count). The van der Waals surface area contributed by atoms with Gasteiger partial charge in [-0.1, -0.05) is 17.2 Å². The van der Waals surface area contributed by atoms with Crippen LogP contribution in [0.1, 0.15) is 18.2 Å². The molecule has 0 amide bonds. The molecule has 0 fully saturated rings. The van der Waals surface area contributed by atoms with Crippen molar-refractivity contribution >= 4 is 5.90 Å². The van der Waals surface area contributed by atoms with Crippen molar-refractivity contribution in [2.75, 3.05) is 26.9 Å². The van der Waals surface area contributed by atoms with Crippen LogP contribution in [0.3, 0.4) is 0 Å². The van der Waals surface area contributed by atoms with Gasteiger partial charge in [0.1, 0.15) is 12.4 Å². The highest BCUT2D eigenvalue weighted by Gasteiger charge is 2.38. The van der Waals surface area contributed by atoms with Crippen LogP contribution in [0.15, 0.2) is 52.0 Å². The van der Waals surface area contributed by atoms with Crippen molar-refractivity contribution in [1.29, 1.82) is 0 Å². The van der Waals surface area contributed by atoms with Gasteiger partial charge in [0, 0.05) is 19.7 Å². The lowest BCUT2D eigenvalue weighted by Crippen LogP contribution is -2.30. The number of halogens is 1.